The van der Waals surface area contributed by atoms with Crippen LogP contribution in [0.3, 0.4) is 0 Å². The van der Waals surface area contributed by atoms with Crippen LogP contribution in [0.4, 0.5) is 0 Å². The Kier molecular flexibility index (Phi) is 4.25. The Bertz CT molecular complexity index is 368. The minimum absolute atomic E-state index is 0.0336. The molecule has 16 heavy (non-hydrogen) atoms. The van der Waals surface area contributed by atoms with E-state index in [2.05, 4.69) is 21.2 Å². The molecule has 1 fully saturated rings. The Labute approximate surface area is 109 Å². The number of aliphatic hydroxyl groups excluding tert-OH is 1. The second-order valence-electron chi connectivity index (χ2n) is 4.25. The highest BCUT2D eigenvalue weighted by Gasteiger charge is 2.23. The van der Waals surface area contributed by atoms with E-state index in [0.717, 1.165) is 22.5 Å². The van der Waals surface area contributed by atoms with Gasteiger partial charge in [-0.25, -0.2) is 0 Å². The molecular formula is C12H15BrClNO. The second-order valence-corrected chi connectivity index (χ2v) is 5.54. The third-order valence-corrected chi connectivity index (χ3v) is 3.82. The Morgan fingerprint density at radius 1 is 1.50 bits per heavy atom. The maximum absolute atomic E-state index is 9.40. The summed E-state index contributed by atoms with van der Waals surface area (Å²) in [7, 11) is 0. The molecule has 0 aromatic heterocycles. The number of hydrogen-bond acceptors (Lipinski definition) is 2. The lowest BCUT2D eigenvalue weighted by Crippen LogP contribution is -2.26. The van der Waals surface area contributed by atoms with Gasteiger partial charge < -0.3 is 10.4 Å². The molecule has 0 bridgehead atoms. The average Bonchev–Trinajstić information content (AvgIpc) is 3.07. The van der Waals surface area contributed by atoms with Crippen LogP contribution in [0, 0.1) is 5.92 Å². The number of hydrogen-bond donors (Lipinski definition) is 2. The predicted octanol–water partition coefficient (Wildman–Crippen LogP) is 3.14. The van der Waals surface area contributed by atoms with Crippen molar-refractivity contribution < 1.29 is 5.11 Å². The van der Waals surface area contributed by atoms with Crippen LogP contribution in [0.2, 0.25) is 5.02 Å². The molecular weight excluding hydrogens is 289 g/mol. The molecule has 0 heterocycles. The van der Waals surface area contributed by atoms with Gasteiger partial charge in [0.05, 0.1) is 12.6 Å². The van der Waals surface area contributed by atoms with Gasteiger partial charge in [-0.2, -0.15) is 0 Å². The molecule has 0 amide bonds. The fourth-order valence-electron chi connectivity index (χ4n) is 1.69. The Hall–Kier alpha value is -0.0900. The molecule has 88 valence electrons. The van der Waals surface area contributed by atoms with E-state index in [-0.39, 0.29) is 12.6 Å². The van der Waals surface area contributed by atoms with E-state index in [1.807, 2.05) is 18.2 Å². The van der Waals surface area contributed by atoms with Gasteiger partial charge in [0.25, 0.3) is 0 Å². The van der Waals surface area contributed by atoms with Crippen LogP contribution in [-0.4, -0.2) is 18.3 Å². The second kappa shape index (κ2) is 5.50. The van der Waals surface area contributed by atoms with Crippen LogP contribution in [-0.2, 0) is 0 Å². The number of benzene rings is 1. The van der Waals surface area contributed by atoms with Gasteiger partial charge in [0.1, 0.15) is 0 Å². The Balaban J connectivity index is 2.07. The highest BCUT2D eigenvalue weighted by Crippen LogP contribution is 2.30. The topological polar surface area (TPSA) is 32.3 Å². The molecule has 0 saturated heterocycles. The van der Waals surface area contributed by atoms with E-state index in [0.29, 0.717) is 5.02 Å². The quantitative estimate of drug-likeness (QED) is 0.876. The molecule has 1 aromatic carbocycles. The van der Waals surface area contributed by atoms with Gasteiger partial charge in [0.15, 0.2) is 0 Å². The summed E-state index contributed by atoms with van der Waals surface area (Å²) >= 11 is 9.45. The average molecular weight is 305 g/mol. The molecule has 1 atom stereocenters. The first-order valence-electron chi connectivity index (χ1n) is 5.50. The Morgan fingerprint density at radius 2 is 2.25 bits per heavy atom. The van der Waals surface area contributed by atoms with Gasteiger partial charge in [0, 0.05) is 9.50 Å². The lowest BCUT2D eigenvalue weighted by atomic mass is 10.1. The van der Waals surface area contributed by atoms with E-state index < -0.39 is 0 Å². The van der Waals surface area contributed by atoms with Crippen LogP contribution >= 0.6 is 27.5 Å². The van der Waals surface area contributed by atoms with Crippen LogP contribution in [0.5, 0.6) is 0 Å². The van der Waals surface area contributed by atoms with Crippen molar-refractivity contribution in [2.75, 3.05) is 13.2 Å². The first kappa shape index (κ1) is 12.4. The summed E-state index contributed by atoms with van der Waals surface area (Å²) in [6.45, 7) is 1.07. The zero-order chi connectivity index (χ0) is 11.5. The highest BCUT2D eigenvalue weighted by molar-refractivity contribution is 9.10. The molecule has 0 spiro atoms. The lowest BCUT2D eigenvalue weighted by Gasteiger charge is -2.18. The summed E-state index contributed by atoms with van der Waals surface area (Å²) in [6.07, 6.45) is 2.61. The van der Waals surface area contributed by atoms with Crippen LogP contribution in [0.1, 0.15) is 24.4 Å². The molecule has 1 unspecified atom stereocenters. The van der Waals surface area contributed by atoms with Gasteiger partial charge in [-0.3, -0.25) is 0 Å². The molecule has 1 aliphatic carbocycles. The van der Waals surface area contributed by atoms with E-state index >= 15 is 0 Å². The predicted molar refractivity (Wildman–Crippen MR) is 69.7 cm³/mol. The highest BCUT2D eigenvalue weighted by atomic mass is 79.9. The van der Waals surface area contributed by atoms with Crippen LogP contribution < -0.4 is 5.32 Å². The number of aliphatic hydroxyl groups is 1. The van der Waals surface area contributed by atoms with Crippen molar-refractivity contribution in [3.8, 4) is 0 Å². The van der Waals surface area contributed by atoms with E-state index in [9.17, 15) is 5.11 Å². The van der Waals surface area contributed by atoms with E-state index in [1.54, 1.807) is 0 Å². The van der Waals surface area contributed by atoms with Gasteiger partial charge in [-0.05, 0) is 49.1 Å². The van der Waals surface area contributed by atoms with Gasteiger partial charge in [-0.1, -0.05) is 27.5 Å². The standard InChI is InChI=1S/C12H15BrClNO/c13-11-4-3-9(14)5-10(11)12(7-16)15-6-8-1-2-8/h3-5,8,12,15-16H,1-2,6-7H2. The molecule has 4 heteroatoms. The molecule has 2 N–H and O–H groups in total. The molecule has 1 saturated carbocycles. The van der Waals surface area contributed by atoms with Crippen LogP contribution in [0.15, 0.2) is 22.7 Å². The van der Waals surface area contributed by atoms with Crippen molar-refractivity contribution in [3.05, 3.63) is 33.3 Å². The summed E-state index contributed by atoms with van der Waals surface area (Å²) in [5.41, 5.74) is 1.02. The van der Waals surface area contributed by atoms with E-state index in [1.165, 1.54) is 12.8 Å². The summed E-state index contributed by atoms with van der Waals surface area (Å²) in [4.78, 5) is 0. The van der Waals surface area contributed by atoms with Crippen LogP contribution in [0.25, 0.3) is 0 Å². The van der Waals surface area contributed by atoms with Crippen molar-refractivity contribution in [1.29, 1.82) is 0 Å². The SMILES string of the molecule is OCC(NCC1CC1)c1cc(Cl)ccc1Br. The van der Waals surface area contributed by atoms with Gasteiger partial charge in [0.2, 0.25) is 0 Å². The third-order valence-electron chi connectivity index (χ3n) is 2.87. The smallest absolute Gasteiger partial charge is 0.0626 e. The molecule has 2 nitrogen and oxygen atoms in total. The summed E-state index contributed by atoms with van der Waals surface area (Å²) in [5, 5.41) is 13.5. The maximum Gasteiger partial charge on any atom is 0.0626 e. The van der Waals surface area contributed by atoms with Crippen molar-refractivity contribution in [3.63, 3.8) is 0 Å². The molecule has 2 rings (SSSR count). The number of rotatable bonds is 5. The number of nitrogens with one attached hydrogen (secondary N) is 1. The zero-order valence-corrected chi connectivity index (χ0v) is 11.3. The van der Waals surface area contributed by atoms with Crippen molar-refractivity contribution in [2.24, 2.45) is 5.92 Å². The summed E-state index contributed by atoms with van der Waals surface area (Å²) in [6, 6.07) is 5.62. The minimum Gasteiger partial charge on any atom is -0.394 e. The first-order valence-corrected chi connectivity index (χ1v) is 6.67. The first-order chi connectivity index (χ1) is 7.70. The third kappa shape index (κ3) is 3.20. The maximum atomic E-state index is 9.40. The zero-order valence-electron chi connectivity index (χ0n) is 8.92. The Morgan fingerprint density at radius 3 is 2.88 bits per heavy atom. The largest absolute Gasteiger partial charge is 0.394 e. The van der Waals surface area contributed by atoms with Crippen molar-refractivity contribution >= 4 is 27.5 Å². The lowest BCUT2D eigenvalue weighted by molar-refractivity contribution is 0.243. The molecule has 0 radical (unpaired) electrons. The fourth-order valence-corrected chi connectivity index (χ4v) is 2.39. The van der Waals surface area contributed by atoms with Crippen molar-refractivity contribution in [2.45, 2.75) is 18.9 Å². The monoisotopic (exact) mass is 303 g/mol. The minimum atomic E-state index is -0.0336. The van der Waals surface area contributed by atoms with Crippen molar-refractivity contribution in [1.82, 2.24) is 5.32 Å². The summed E-state index contributed by atoms with van der Waals surface area (Å²) < 4.78 is 0.985. The molecule has 1 aliphatic rings. The van der Waals surface area contributed by atoms with Gasteiger partial charge in [-0.15, -0.1) is 0 Å². The number of halogens is 2. The van der Waals surface area contributed by atoms with E-state index in [4.69, 9.17) is 11.6 Å². The normalized spacial score (nSPS) is 17.4. The fraction of sp³-hybridized carbons (Fsp3) is 0.500. The summed E-state index contributed by atoms with van der Waals surface area (Å²) in [5.74, 6) is 0.798. The molecule has 0 aliphatic heterocycles. The molecule has 1 aromatic rings. The van der Waals surface area contributed by atoms with Gasteiger partial charge >= 0.3 is 0 Å².